The third kappa shape index (κ3) is 7.63. The fraction of sp³-hybridized carbons (Fsp3) is 0.875. The number of ether oxygens (including phenoxy) is 1. The van der Waals surface area contributed by atoms with Crippen molar-refractivity contribution in [3.63, 3.8) is 0 Å². The number of unbranched alkanes of at least 4 members (excludes halogenated alkanes) is 2. The van der Waals surface area contributed by atoms with Gasteiger partial charge >= 0.3 is 0 Å². The Morgan fingerprint density at radius 1 is 1.30 bits per heavy atom. The summed E-state index contributed by atoms with van der Waals surface area (Å²) in [7, 11) is 0. The van der Waals surface area contributed by atoms with Crippen molar-refractivity contribution in [1.29, 1.82) is 0 Å². The van der Waals surface area contributed by atoms with Crippen LogP contribution in [0.1, 0.15) is 32.6 Å². The SMILES string of the molecule is CCCCOCCC[C]=O. The van der Waals surface area contributed by atoms with Crippen LogP contribution in [0.25, 0.3) is 0 Å². The maximum atomic E-state index is 9.71. The average Bonchev–Trinajstić information content (AvgIpc) is 1.97. The molecule has 0 rings (SSSR count). The summed E-state index contributed by atoms with van der Waals surface area (Å²) in [5.41, 5.74) is 0. The van der Waals surface area contributed by atoms with Gasteiger partial charge in [-0.25, -0.2) is 0 Å². The molecule has 0 amide bonds. The maximum absolute atomic E-state index is 9.71. The highest BCUT2D eigenvalue weighted by atomic mass is 16.5. The quantitative estimate of drug-likeness (QED) is 0.507. The zero-order valence-electron chi connectivity index (χ0n) is 6.56. The van der Waals surface area contributed by atoms with Crippen LogP contribution in [0.15, 0.2) is 0 Å². The molecule has 0 heterocycles. The minimum Gasteiger partial charge on any atom is -0.381 e. The fourth-order valence-corrected chi connectivity index (χ4v) is 0.595. The Morgan fingerprint density at radius 2 is 2.00 bits per heavy atom. The van der Waals surface area contributed by atoms with E-state index in [0.717, 1.165) is 19.4 Å². The van der Waals surface area contributed by atoms with Crippen molar-refractivity contribution in [3.8, 4) is 0 Å². The number of hydrogen-bond acceptors (Lipinski definition) is 2. The van der Waals surface area contributed by atoms with Gasteiger partial charge in [0.2, 0.25) is 0 Å². The molecule has 0 bridgehead atoms. The molecule has 0 unspecified atom stereocenters. The Labute approximate surface area is 62.6 Å². The molecule has 0 aromatic heterocycles. The van der Waals surface area contributed by atoms with Gasteiger partial charge in [0.05, 0.1) is 0 Å². The van der Waals surface area contributed by atoms with Crippen LogP contribution in [0, 0.1) is 0 Å². The molecule has 59 valence electrons. The van der Waals surface area contributed by atoms with Crippen molar-refractivity contribution in [1.82, 2.24) is 0 Å². The molecule has 0 N–H and O–H groups in total. The molecule has 2 heteroatoms. The molecule has 0 aliphatic heterocycles. The van der Waals surface area contributed by atoms with Gasteiger partial charge in [-0.05, 0) is 12.8 Å². The van der Waals surface area contributed by atoms with Crippen LogP contribution in [0.5, 0.6) is 0 Å². The highest BCUT2D eigenvalue weighted by Gasteiger charge is 1.87. The van der Waals surface area contributed by atoms with Crippen molar-refractivity contribution in [3.05, 3.63) is 0 Å². The summed E-state index contributed by atoms with van der Waals surface area (Å²) in [5, 5.41) is 0. The highest BCUT2D eigenvalue weighted by molar-refractivity contribution is 5.50. The van der Waals surface area contributed by atoms with E-state index >= 15 is 0 Å². The third-order valence-corrected chi connectivity index (χ3v) is 1.21. The van der Waals surface area contributed by atoms with Gasteiger partial charge in [0.15, 0.2) is 6.29 Å². The van der Waals surface area contributed by atoms with Gasteiger partial charge in [-0.3, -0.25) is 4.79 Å². The van der Waals surface area contributed by atoms with Gasteiger partial charge in [0.1, 0.15) is 0 Å². The van der Waals surface area contributed by atoms with E-state index in [1.54, 1.807) is 0 Å². The Hall–Kier alpha value is -0.370. The van der Waals surface area contributed by atoms with E-state index in [2.05, 4.69) is 6.92 Å². The van der Waals surface area contributed by atoms with Crippen molar-refractivity contribution >= 4 is 6.29 Å². The Morgan fingerprint density at radius 3 is 2.60 bits per heavy atom. The first-order chi connectivity index (χ1) is 4.91. The van der Waals surface area contributed by atoms with E-state index in [9.17, 15) is 4.79 Å². The molecule has 0 spiro atoms. The summed E-state index contributed by atoms with van der Waals surface area (Å²) in [6.07, 6.45) is 5.43. The monoisotopic (exact) mass is 143 g/mol. The molecule has 0 aromatic rings. The summed E-state index contributed by atoms with van der Waals surface area (Å²) in [6, 6.07) is 0. The molecular formula is C8H15O2. The minimum atomic E-state index is 0.506. The van der Waals surface area contributed by atoms with E-state index in [-0.39, 0.29) is 0 Å². The van der Waals surface area contributed by atoms with Crippen LogP contribution in [0.2, 0.25) is 0 Å². The number of rotatable bonds is 7. The van der Waals surface area contributed by atoms with Gasteiger partial charge in [-0.2, -0.15) is 0 Å². The zero-order valence-corrected chi connectivity index (χ0v) is 6.56. The van der Waals surface area contributed by atoms with Crippen molar-refractivity contribution in [2.75, 3.05) is 13.2 Å². The first-order valence-corrected chi connectivity index (χ1v) is 3.84. The molecule has 0 fully saturated rings. The zero-order chi connectivity index (χ0) is 7.66. The molecule has 2 nitrogen and oxygen atoms in total. The first kappa shape index (κ1) is 9.63. The summed E-state index contributed by atoms with van der Waals surface area (Å²) in [6.45, 7) is 3.66. The van der Waals surface area contributed by atoms with E-state index in [1.165, 1.54) is 6.42 Å². The predicted molar refractivity (Wildman–Crippen MR) is 40.7 cm³/mol. The maximum Gasteiger partial charge on any atom is 0.198 e. The largest absolute Gasteiger partial charge is 0.381 e. The van der Waals surface area contributed by atoms with Crippen molar-refractivity contribution in [2.24, 2.45) is 0 Å². The molecule has 0 saturated heterocycles. The molecule has 0 aliphatic rings. The lowest BCUT2D eigenvalue weighted by atomic mass is 10.3. The number of carbonyl (C=O) groups excluding carboxylic acids is 1. The standard InChI is InChI=1S/C8H15O2/c1-2-3-7-10-8-5-4-6-9/h2-5,7-8H2,1H3. The highest BCUT2D eigenvalue weighted by Crippen LogP contribution is 1.90. The lowest BCUT2D eigenvalue weighted by molar-refractivity contribution is 0.130. The summed E-state index contributed by atoms with van der Waals surface area (Å²) in [4.78, 5) is 9.71. The Kier molecular flexibility index (Phi) is 8.31. The second-order valence-corrected chi connectivity index (χ2v) is 2.21. The smallest absolute Gasteiger partial charge is 0.198 e. The lowest BCUT2D eigenvalue weighted by Crippen LogP contribution is -1.96. The van der Waals surface area contributed by atoms with Crippen molar-refractivity contribution in [2.45, 2.75) is 32.6 Å². The Bertz CT molecular complexity index is 71.7. The van der Waals surface area contributed by atoms with E-state index in [4.69, 9.17) is 4.74 Å². The van der Waals surface area contributed by atoms with Gasteiger partial charge in [-0.15, -0.1) is 0 Å². The van der Waals surface area contributed by atoms with Crippen LogP contribution in [0.4, 0.5) is 0 Å². The lowest BCUT2D eigenvalue weighted by Gasteiger charge is -1.99. The normalized spacial score (nSPS) is 9.70. The first-order valence-electron chi connectivity index (χ1n) is 3.84. The second kappa shape index (κ2) is 8.63. The second-order valence-electron chi connectivity index (χ2n) is 2.21. The van der Waals surface area contributed by atoms with Crippen LogP contribution in [-0.2, 0) is 9.53 Å². The van der Waals surface area contributed by atoms with Crippen molar-refractivity contribution < 1.29 is 9.53 Å². The van der Waals surface area contributed by atoms with Gasteiger partial charge in [0, 0.05) is 19.6 Å². The minimum absolute atomic E-state index is 0.506. The fourth-order valence-electron chi connectivity index (χ4n) is 0.595. The van der Waals surface area contributed by atoms with Gasteiger partial charge < -0.3 is 4.74 Å². The summed E-state index contributed by atoms with van der Waals surface area (Å²) >= 11 is 0. The van der Waals surface area contributed by atoms with Crippen LogP contribution in [-0.4, -0.2) is 19.5 Å². The molecule has 0 saturated carbocycles. The van der Waals surface area contributed by atoms with Crippen LogP contribution in [0.3, 0.4) is 0 Å². The topological polar surface area (TPSA) is 26.3 Å². The molecular weight excluding hydrogens is 128 g/mol. The molecule has 0 aliphatic carbocycles. The molecule has 10 heavy (non-hydrogen) atoms. The van der Waals surface area contributed by atoms with E-state index in [1.807, 2.05) is 6.29 Å². The van der Waals surface area contributed by atoms with E-state index in [0.29, 0.717) is 13.0 Å². The Balaban J connectivity index is 2.70. The number of hydrogen-bond donors (Lipinski definition) is 0. The molecule has 0 atom stereocenters. The predicted octanol–water partition coefficient (Wildman–Crippen LogP) is 1.69. The summed E-state index contributed by atoms with van der Waals surface area (Å²) in [5.74, 6) is 0. The van der Waals surface area contributed by atoms with Gasteiger partial charge in [0.25, 0.3) is 0 Å². The van der Waals surface area contributed by atoms with Gasteiger partial charge in [-0.1, -0.05) is 13.3 Å². The van der Waals surface area contributed by atoms with E-state index < -0.39 is 0 Å². The molecule has 0 aromatic carbocycles. The van der Waals surface area contributed by atoms with Crippen LogP contribution < -0.4 is 0 Å². The third-order valence-electron chi connectivity index (χ3n) is 1.21. The average molecular weight is 143 g/mol. The summed E-state index contributed by atoms with van der Waals surface area (Å²) < 4.78 is 5.20. The molecule has 1 radical (unpaired) electrons. The van der Waals surface area contributed by atoms with Crippen LogP contribution >= 0.6 is 0 Å².